The van der Waals surface area contributed by atoms with Crippen LogP contribution in [0.1, 0.15) is 43.4 Å². The van der Waals surface area contributed by atoms with Crippen molar-refractivity contribution >= 4 is 5.91 Å². The molecule has 4 nitrogen and oxygen atoms in total. The first-order valence-corrected chi connectivity index (χ1v) is 7.54. The summed E-state index contributed by atoms with van der Waals surface area (Å²) in [4.78, 5) is 11.2. The SMILES string of the molecule is CCC(NC1CCC(=O)NC1)c1ccc2c(c1)CCO2. The molecular weight excluding hydrogens is 252 g/mol. The molecule has 4 heteroatoms. The van der Waals surface area contributed by atoms with E-state index < -0.39 is 0 Å². The average Bonchev–Trinajstić information content (AvgIpc) is 2.94. The van der Waals surface area contributed by atoms with E-state index in [1.807, 2.05) is 0 Å². The molecule has 2 atom stereocenters. The van der Waals surface area contributed by atoms with Gasteiger partial charge in [-0.1, -0.05) is 19.1 Å². The van der Waals surface area contributed by atoms with Gasteiger partial charge in [0.25, 0.3) is 0 Å². The van der Waals surface area contributed by atoms with E-state index in [1.54, 1.807) is 0 Å². The molecule has 108 valence electrons. The monoisotopic (exact) mass is 274 g/mol. The molecule has 0 saturated carbocycles. The molecule has 3 rings (SSSR count). The molecule has 2 aliphatic heterocycles. The van der Waals surface area contributed by atoms with E-state index >= 15 is 0 Å². The molecule has 0 bridgehead atoms. The van der Waals surface area contributed by atoms with Gasteiger partial charge in [0.15, 0.2) is 0 Å². The number of rotatable bonds is 4. The van der Waals surface area contributed by atoms with Crippen LogP contribution in [0.2, 0.25) is 0 Å². The Labute approximate surface area is 119 Å². The summed E-state index contributed by atoms with van der Waals surface area (Å²) in [5.41, 5.74) is 2.65. The van der Waals surface area contributed by atoms with Gasteiger partial charge in [0.2, 0.25) is 5.91 Å². The second-order valence-electron chi connectivity index (χ2n) is 5.63. The fourth-order valence-electron chi connectivity index (χ4n) is 3.03. The van der Waals surface area contributed by atoms with E-state index in [0.717, 1.165) is 38.2 Å². The third-order valence-corrected chi connectivity index (χ3v) is 4.23. The van der Waals surface area contributed by atoms with Crippen LogP contribution in [-0.2, 0) is 11.2 Å². The molecule has 2 heterocycles. The largest absolute Gasteiger partial charge is 0.493 e. The van der Waals surface area contributed by atoms with Crippen LogP contribution in [-0.4, -0.2) is 25.1 Å². The van der Waals surface area contributed by atoms with Crippen molar-refractivity contribution in [2.75, 3.05) is 13.2 Å². The zero-order valence-electron chi connectivity index (χ0n) is 11.9. The Hall–Kier alpha value is -1.55. The van der Waals surface area contributed by atoms with E-state index in [0.29, 0.717) is 18.5 Å². The third kappa shape index (κ3) is 2.80. The molecule has 2 aliphatic rings. The van der Waals surface area contributed by atoms with Crippen molar-refractivity contribution in [3.05, 3.63) is 29.3 Å². The minimum absolute atomic E-state index is 0.172. The first-order valence-electron chi connectivity index (χ1n) is 7.54. The number of nitrogens with one attached hydrogen (secondary N) is 2. The maximum Gasteiger partial charge on any atom is 0.220 e. The quantitative estimate of drug-likeness (QED) is 0.882. The molecule has 1 aromatic carbocycles. The fraction of sp³-hybridized carbons (Fsp3) is 0.562. The maximum absolute atomic E-state index is 11.2. The molecular formula is C16H22N2O2. The Morgan fingerprint density at radius 2 is 2.35 bits per heavy atom. The molecule has 0 aromatic heterocycles. The van der Waals surface area contributed by atoms with Gasteiger partial charge >= 0.3 is 0 Å². The number of amides is 1. The molecule has 2 unspecified atom stereocenters. The van der Waals surface area contributed by atoms with Crippen LogP contribution in [0.25, 0.3) is 0 Å². The minimum Gasteiger partial charge on any atom is -0.493 e. The second kappa shape index (κ2) is 5.83. The van der Waals surface area contributed by atoms with Gasteiger partial charge in [-0.3, -0.25) is 4.79 Å². The molecule has 1 fully saturated rings. The highest BCUT2D eigenvalue weighted by molar-refractivity contribution is 5.76. The predicted molar refractivity (Wildman–Crippen MR) is 77.8 cm³/mol. The average molecular weight is 274 g/mol. The summed E-state index contributed by atoms with van der Waals surface area (Å²) in [6.45, 7) is 3.74. The van der Waals surface area contributed by atoms with E-state index in [4.69, 9.17) is 4.74 Å². The van der Waals surface area contributed by atoms with Gasteiger partial charge in [-0.2, -0.15) is 0 Å². The normalized spacial score (nSPS) is 22.9. The van der Waals surface area contributed by atoms with Crippen molar-refractivity contribution in [2.45, 2.75) is 44.7 Å². The summed E-state index contributed by atoms with van der Waals surface area (Å²) in [5, 5.41) is 6.61. The standard InChI is InChI=1S/C16H22N2O2/c1-2-14(18-13-4-6-16(19)17-10-13)11-3-5-15-12(9-11)7-8-20-15/h3,5,9,13-14,18H,2,4,6-8,10H2,1H3,(H,17,19). The summed E-state index contributed by atoms with van der Waals surface area (Å²) in [7, 11) is 0. The number of hydrogen-bond acceptors (Lipinski definition) is 3. The zero-order chi connectivity index (χ0) is 13.9. The Balaban J connectivity index is 1.68. The smallest absolute Gasteiger partial charge is 0.220 e. The van der Waals surface area contributed by atoms with Crippen molar-refractivity contribution in [3.63, 3.8) is 0 Å². The van der Waals surface area contributed by atoms with Crippen LogP contribution in [0.5, 0.6) is 5.75 Å². The highest BCUT2D eigenvalue weighted by Crippen LogP contribution is 2.29. The molecule has 0 aliphatic carbocycles. The zero-order valence-corrected chi connectivity index (χ0v) is 11.9. The van der Waals surface area contributed by atoms with Crippen LogP contribution >= 0.6 is 0 Å². The lowest BCUT2D eigenvalue weighted by Crippen LogP contribution is -2.46. The summed E-state index contributed by atoms with van der Waals surface area (Å²) >= 11 is 0. The van der Waals surface area contributed by atoms with Crippen LogP contribution in [0, 0.1) is 0 Å². The van der Waals surface area contributed by atoms with E-state index in [9.17, 15) is 4.79 Å². The lowest BCUT2D eigenvalue weighted by atomic mass is 9.98. The van der Waals surface area contributed by atoms with Crippen molar-refractivity contribution in [3.8, 4) is 5.75 Å². The summed E-state index contributed by atoms with van der Waals surface area (Å²) in [5.74, 6) is 1.21. The predicted octanol–water partition coefficient (Wildman–Crippen LogP) is 1.94. The van der Waals surface area contributed by atoms with Gasteiger partial charge < -0.3 is 15.4 Å². The number of benzene rings is 1. The fourth-order valence-corrected chi connectivity index (χ4v) is 3.03. The molecule has 20 heavy (non-hydrogen) atoms. The maximum atomic E-state index is 11.2. The summed E-state index contributed by atoms with van der Waals surface area (Å²) < 4.78 is 5.56. The molecule has 2 N–H and O–H groups in total. The van der Waals surface area contributed by atoms with Gasteiger partial charge in [-0.15, -0.1) is 0 Å². The summed E-state index contributed by atoms with van der Waals surface area (Å²) in [6, 6.07) is 7.24. The Kier molecular flexibility index (Phi) is 3.92. The number of piperidine rings is 1. The highest BCUT2D eigenvalue weighted by atomic mass is 16.5. The van der Waals surface area contributed by atoms with Gasteiger partial charge in [-0.25, -0.2) is 0 Å². The second-order valence-corrected chi connectivity index (χ2v) is 5.63. The van der Waals surface area contributed by atoms with Gasteiger partial charge in [0.1, 0.15) is 5.75 Å². The van der Waals surface area contributed by atoms with Gasteiger partial charge in [0.05, 0.1) is 6.61 Å². The Morgan fingerprint density at radius 1 is 1.45 bits per heavy atom. The van der Waals surface area contributed by atoms with E-state index in [1.165, 1.54) is 11.1 Å². The minimum atomic E-state index is 0.172. The number of carbonyl (C=O) groups is 1. The third-order valence-electron chi connectivity index (χ3n) is 4.23. The lowest BCUT2D eigenvalue weighted by molar-refractivity contribution is -0.122. The van der Waals surface area contributed by atoms with Gasteiger partial charge in [0, 0.05) is 31.5 Å². The number of fused-ring (bicyclic) bond motifs is 1. The lowest BCUT2D eigenvalue weighted by Gasteiger charge is -2.28. The van der Waals surface area contributed by atoms with Gasteiger partial charge in [-0.05, 0) is 30.0 Å². The van der Waals surface area contributed by atoms with Crippen molar-refractivity contribution < 1.29 is 9.53 Å². The van der Waals surface area contributed by atoms with Crippen molar-refractivity contribution in [1.29, 1.82) is 0 Å². The van der Waals surface area contributed by atoms with Crippen LogP contribution in [0.15, 0.2) is 18.2 Å². The molecule has 1 aromatic rings. The Bertz CT molecular complexity index is 491. The summed E-state index contributed by atoms with van der Waals surface area (Å²) in [6.07, 6.45) is 3.62. The molecule has 1 amide bonds. The molecule has 0 radical (unpaired) electrons. The Morgan fingerprint density at radius 3 is 3.10 bits per heavy atom. The van der Waals surface area contributed by atoms with Crippen LogP contribution in [0.3, 0.4) is 0 Å². The topological polar surface area (TPSA) is 50.4 Å². The van der Waals surface area contributed by atoms with Crippen molar-refractivity contribution in [2.24, 2.45) is 0 Å². The van der Waals surface area contributed by atoms with E-state index in [2.05, 4.69) is 35.8 Å². The number of hydrogen-bond donors (Lipinski definition) is 2. The molecule has 1 saturated heterocycles. The number of ether oxygens (including phenoxy) is 1. The van der Waals surface area contributed by atoms with Crippen LogP contribution in [0.4, 0.5) is 0 Å². The van der Waals surface area contributed by atoms with E-state index in [-0.39, 0.29) is 5.91 Å². The first-order chi connectivity index (χ1) is 9.76. The number of carbonyl (C=O) groups excluding carboxylic acids is 1. The van der Waals surface area contributed by atoms with Crippen LogP contribution < -0.4 is 15.4 Å². The first kappa shape index (κ1) is 13.4. The van der Waals surface area contributed by atoms with Crippen molar-refractivity contribution in [1.82, 2.24) is 10.6 Å². The molecule has 0 spiro atoms. The highest BCUT2D eigenvalue weighted by Gasteiger charge is 2.22.